The van der Waals surface area contributed by atoms with Crippen LogP contribution in [-0.2, 0) is 9.05 Å². The lowest BCUT2D eigenvalue weighted by Gasteiger charge is -2.09. The second-order valence-corrected chi connectivity index (χ2v) is 3.92. The van der Waals surface area contributed by atoms with Crippen molar-refractivity contribution in [3.63, 3.8) is 0 Å². The van der Waals surface area contributed by atoms with E-state index in [1.165, 1.54) is 0 Å². The van der Waals surface area contributed by atoms with Crippen LogP contribution in [0.4, 0.5) is 0 Å². The maximum atomic E-state index is 9.12. The first-order valence-corrected chi connectivity index (χ1v) is 6.71. The Hall–Kier alpha value is 0.270. The van der Waals surface area contributed by atoms with Crippen molar-refractivity contribution in [1.29, 1.82) is 0 Å². The second-order valence-electron chi connectivity index (χ2n) is 2.93. The highest BCUT2D eigenvalue weighted by Crippen LogP contribution is 2.32. The Kier molecular flexibility index (Phi) is 19.6. The van der Waals surface area contributed by atoms with E-state index in [0.29, 0.717) is 13.2 Å². The first-order valence-electron chi connectivity index (χ1n) is 5.58. The first kappa shape index (κ1) is 17.7. The van der Waals surface area contributed by atoms with Crippen molar-refractivity contribution in [1.82, 2.24) is 0 Å². The van der Waals surface area contributed by atoms with Gasteiger partial charge in [0.2, 0.25) is 0 Å². The summed E-state index contributed by atoms with van der Waals surface area (Å²) >= 11 is 0. The van der Waals surface area contributed by atoms with Crippen LogP contribution in [0.5, 0.6) is 0 Å². The molecule has 0 aliphatic carbocycles. The van der Waals surface area contributed by atoms with Gasteiger partial charge in [-0.25, -0.2) is 0 Å². The van der Waals surface area contributed by atoms with Gasteiger partial charge in [0.1, 0.15) is 0 Å². The van der Waals surface area contributed by atoms with Crippen LogP contribution in [0.2, 0.25) is 0 Å². The van der Waals surface area contributed by atoms with Crippen LogP contribution < -0.4 is 0 Å². The van der Waals surface area contributed by atoms with Crippen LogP contribution >= 0.6 is 8.60 Å². The number of aliphatic hydroxyl groups is 1. The molecule has 15 heavy (non-hydrogen) atoms. The summed E-state index contributed by atoms with van der Waals surface area (Å²) in [5, 5.41) is 7.57. The van der Waals surface area contributed by atoms with E-state index < -0.39 is 8.60 Å². The fourth-order valence-electron chi connectivity index (χ4n) is 0.611. The molecule has 2 N–H and O–H groups in total. The molecule has 0 heterocycles. The molecule has 0 saturated carbocycles. The van der Waals surface area contributed by atoms with Gasteiger partial charge in [0.05, 0.1) is 13.2 Å². The Balaban J connectivity index is 0. The molecular formula is C10H25O4P. The monoisotopic (exact) mass is 240 g/mol. The molecule has 0 aromatic heterocycles. The highest BCUT2D eigenvalue weighted by molar-refractivity contribution is 7.40. The Morgan fingerprint density at radius 3 is 1.53 bits per heavy atom. The van der Waals surface area contributed by atoms with Crippen LogP contribution in [0.25, 0.3) is 0 Å². The third-order valence-corrected chi connectivity index (χ3v) is 2.21. The van der Waals surface area contributed by atoms with Gasteiger partial charge < -0.3 is 19.0 Å². The number of rotatable bonds is 8. The molecule has 94 valence electrons. The van der Waals surface area contributed by atoms with Crippen molar-refractivity contribution >= 4 is 8.60 Å². The second kappa shape index (κ2) is 16.7. The van der Waals surface area contributed by atoms with Gasteiger partial charge >= 0.3 is 8.60 Å². The summed E-state index contributed by atoms with van der Waals surface area (Å²) < 4.78 is 10.1. The van der Waals surface area contributed by atoms with E-state index in [9.17, 15) is 0 Å². The van der Waals surface area contributed by atoms with E-state index in [-0.39, 0.29) is 6.61 Å². The minimum absolute atomic E-state index is 0.250. The standard InChI is InChI=1S/C8H19O3P.C2H6O/c1-3-5-7-10-12(9)11-8-6-4-2;1-2-3/h9H,3-8H2,1-2H3;3H,2H2,1H3. The molecular weight excluding hydrogens is 215 g/mol. The lowest BCUT2D eigenvalue weighted by Crippen LogP contribution is -1.94. The summed E-state index contributed by atoms with van der Waals surface area (Å²) in [5.74, 6) is 0. The number of aliphatic hydroxyl groups excluding tert-OH is 1. The zero-order valence-corrected chi connectivity index (χ0v) is 11.0. The molecule has 4 nitrogen and oxygen atoms in total. The Morgan fingerprint density at radius 1 is 0.933 bits per heavy atom. The zero-order chi connectivity index (χ0) is 11.9. The Labute approximate surface area is 94.6 Å². The van der Waals surface area contributed by atoms with Crippen LogP contribution in [0.15, 0.2) is 0 Å². The maximum absolute atomic E-state index is 9.12. The van der Waals surface area contributed by atoms with E-state index in [1.54, 1.807) is 6.92 Å². The van der Waals surface area contributed by atoms with Crippen LogP contribution in [0.3, 0.4) is 0 Å². The SMILES string of the molecule is CCCCOP(O)OCCCC.CCO. The van der Waals surface area contributed by atoms with Crippen LogP contribution in [-0.4, -0.2) is 29.8 Å². The smallest absolute Gasteiger partial charge is 0.329 e. The van der Waals surface area contributed by atoms with Crippen molar-refractivity contribution in [2.75, 3.05) is 19.8 Å². The summed E-state index contributed by atoms with van der Waals surface area (Å²) in [4.78, 5) is 9.12. The molecule has 0 saturated heterocycles. The largest absolute Gasteiger partial charge is 0.397 e. The minimum atomic E-state index is -1.60. The van der Waals surface area contributed by atoms with Gasteiger partial charge in [-0.15, -0.1) is 0 Å². The van der Waals surface area contributed by atoms with Gasteiger partial charge in [-0.1, -0.05) is 26.7 Å². The highest BCUT2D eigenvalue weighted by Gasteiger charge is 2.04. The Morgan fingerprint density at radius 2 is 1.27 bits per heavy atom. The molecule has 0 amide bonds. The molecule has 0 spiro atoms. The quantitative estimate of drug-likeness (QED) is 0.506. The average molecular weight is 240 g/mol. The summed E-state index contributed by atoms with van der Waals surface area (Å²) in [6.45, 7) is 7.30. The summed E-state index contributed by atoms with van der Waals surface area (Å²) in [6, 6.07) is 0. The van der Waals surface area contributed by atoms with Crippen LogP contribution in [0, 0.1) is 0 Å². The summed E-state index contributed by atoms with van der Waals surface area (Å²) in [7, 11) is -1.60. The van der Waals surface area contributed by atoms with E-state index in [0.717, 1.165) is 25.7 Å². The van der Waals surface area contributed by atoms with Gasteiger partial charge in [0.15, 0.2) is 0 Å². The molecule has 5 heteroatoms. The lowest BCUT2D eigenvalue weighted by atomic mass is 10.4. The lowest BCUT2D eigenvalue weighted by molar-refractivity contribution is 0.196. The van der Waals surface area contributed by atoms with Gasteiger partial charge in [0.25, 0.3) is 0 Å². The predicted molar refractivity (Wildman–Crippen MR) is 63.6 cm³/mol. The van der Waals surface area contributed by atoms with E-state index in [4.69, 9.17) is 19.0 Å². The summed E-state index contributed by atoms with van der Waals surface area (Å²) in [6.07, 6.45) is 4.13. The average Bonchev–Trinajstić information content (AvgIpc) is 2.20. The molecule has 0 aliphatic heterocycles. The van der Waals surface area contributed by atoms with Crippen molar-refractivity contribution in [3.05, 3.63) is 0 Å². The van der Waals surface area contributed by atoms with E-state index in [1.807, 2.05) is 0 Å². The molecule has 0 aromatic carbocycles. The topological polar surface area (TPSA) is 58.9 Å². The van der Waals surface area contributed by atoms with E-state index >= 15 is 0 Å². The molecule has 0 bridgehead atoms. The van der Waals surface area contributed by atoms with Crippen molar-refractivity contribution in [3.8, 4) is 0 Å². The Bertz CT molecular complexity index is 93.4. The minimum Gasteiger partial charge on any atom is -0.397 e. The normalized spacial score (nSPS) is 10.0. The molecule has 0 aromatic rings. The van der Waals surface area contributed by atoms with Gasteiger partial charge in [-0.3, -0.25) is 0 Å². The maximum Gasteiger partial charge on any atom is 0.329 e. The van der Waals surface area contributed by atoms with Crippen molar-refractivity contribution in [2.24, 2.45) is 0 Å². The van der Waals surface area contributed by atoms with Gasteiger partial charge in [0, 0.05) is 6.61 Å². The predicted octanol–water partition coefficient (Wildman–Crippen LogP) is 2.84. The number of hydrogen-bond donors (Lipinski definition) is 2. The third kappa shape index (κ3) is 20.4. The van der Waals surface area contributed by atoms with Crippen LogP contribution in [0.1, 0.15) is 46.5 Å². The molecule has 0 atom stereocenters. The van der Waals surface area contributed by atoms with Gasteiger partial charge in [-0.2, -0.15) is 0 Å². The molecule has 0 radical (unpaired) electrons. The fraction of sp³-hybridized carbons (Fsp3) is 1.00. The molecule has 0 unspecified atom stereocenters. The molecule has 0 fully saturated rings. The summed E-state index contributed by atoms with van der Waals surface area (Å²) in [5.41, 5.74) is 0. The third-order valence-electron chi connectivity index (χ3n) is 1.40. The van der Waals surface area contributed by atoms with Gasteiger partial charge in [-0.05, 0) is 19.8 Å². The van der Waals surface area contributed by atoms with Crippen molar-refractivity contribution < 1.29 is 19.0 Å². The molecule has 0 rings (SSSR count). The first-order chi connectivity index (χ1) is 7.22. The fourth-order valence-corrected chi connectivity index (χ4v) is 1.26. The highest BCUT2D eigenvalue weighted by atomic mass is 31.2. The van der Waals surface area contributed by atoms with E-state index in [2.05, 4.69) is 13.8 Å². The van der Waals surface area contributed by atoms with Crippen molar-refractivity contribution in [2.45, 2.75) is 46.5 Å². The molecule has 0 aliphatic rings. The zero-order valence-electron chi connectivity index (χ0n) is 10.1. The number of unbranched alkanes of at least 4 members (excludes halogenated alkanes) is 2. The number of hydrogen-bond acceptors (Lipinski definition) is 4.